The molecule has 1 aliphatic rings. The van der Waals surface area contributed by atoms with Gasteiger partial charge in [-0.05, 0) is 89.9 Å². The Labute approximate surface area is 244 Å². The van der Waals surface area contributed by atoms with Crippen molar-refractivity contribution in [3.05, 3.63) is 172 Å². The van der Waals surface area contributed by atoms with Gasteiger partial charge in [-0.25, -0.2) is 0 Å². The number of anilines is 3. The number of allylic oxidation sites excluding steroid dienone is 2. The molecule has 0 amide bonds. The van der Waals surface area contributed by atoms with Crippen LogP contribution in [0.25, 0.3) is 24.3 Å². The molecule has 1 aliphatic carbocycles. The predicted octanol–water partition coefficient (Wildman–Crippen LogP) is 10.9. The Kier molecular flexibility index (Phi) is 8.05. The molecule has 0 unspecified atom stereocenters. The summed E-state index contributed by atoms with van der Waals surface area (Å²) in [5, 5.41) is 0. The van der Waals surface area contributed by atoms with Gasteiger partial charge >= 0.3 is 0 Å². The monoisotopic (exact) mass is 529 g/mol. The van der Waals surface area contributed by atoms with Crippen LogP contribution in [0.15, 0.2) is 133 Å². The molecule has 0 heterocycles. The van der Waals surface area contributed by atoms with Crippen molar-refractivity contribution in [1.82, 2.24) is 0 Å². The first-order valence-electron chi connectivity index (χ1n) is 14.5. The van der Waals surface area contributed by atoms with E-state index in [1.807, 2.05) is 6.07 Å². The number of fused-ring (bicyclic) bond motifs is 1. The van der Waals surface area contributed by atoms with Gasteiger partial charge in [0.25, 0.3) is 0 Å². The lowest BCUT2D eigenvalue weighted by molar-refractivity contribution is 0.911. The zero-order chi connectivity index (χ0) is 27.9. The van der Waals surface area contributed by atoms with Gasteiger partial charge in [-0.3, -0.25) is 0 Å². The van der Waals surface area contributed by atoms with Crippen molar-refractivity contribution in [3.8, 4) is 0 Å². The Morgan fingerprint density at radius 3 is 1.63 bits per heavy atom. The molecule has 0 fully saturated rings. The number of nitrogens with zero attached hydrogens (tertiary/aromatic N) is 1. The lowest BCUT2D eigenvalue weighted by Gasteiger charge is -2.28. The topological polar surface area (TPSA) is 3.24 Å². The molecule has 41 heavy (non-hydrogen) atoms. The zero-order valence-corrected chi connectivity index (χ0v) is 23.6. The first kappa shape index (κ1) is 26.3. The van der Waals surface area contributed by atoms with Gasteiger partial charge in [0.1, 0.15) is 0 Å². The van der Waals surface area contributed by atoms with E-state index in [-0.39, 0.29) is 0 Å². The van der Waals surface area contributed by atoms with E-state index in [9.17, 15) is 0 Å². The van der Waals surface area contributed by atoms with Crippen molar-refractivity contribution in [2.75, 3.05) is 4.90 Å². The van der Waals surface area contributed by atoms with Gasteiger partial charge in [0.05, 0.1) is 0 Å². The van der Waals surface area contributed by atoms with Gasteiger partial charge in [0.2, 0.25) is 0 Å². The number of benzene rings is 5. The molecule has 0 saturated heterocycles. The Bertz CT molecular complexity index is 1670. The largest absolute Gasteiger partial charge is 0.310 e. The third-order valence-electron chi connectivity index (χ3n) is 7.70. The maximum Gasteiger partial charge on any atom is 0.0496 e. The Morgan fingerprint density at radius 2 is 1.02 bits per heavy atom. The van der Waals surface area contributed by atoms with Gasteiger partial charge < -0.3 is 4.90 Å². The van der Waals surface area contributed by atoms with Gasteiger partial charge in [0.15, 0.2) is 0 Å². The van der Waals surface area contributed by atoms with Crippen LogP contribution in [0.4, 0.5) is 17.1 Å². The Balaban J connectivity index is 1.27. The second-order valence-corrected chi connectivity index (χ2v) is 10.7. The van der Waals surface area contributed by atoms with Crippen LogP contribution in [0.1, 0.15) is 45.4 Å². The summed E-state index contributed by atoms with van der Waals surface area (Å²) in [5.41, 5.74) is 12.7. The minimum atomic E-state index is 1.13. The summed E-state index contributed by atoms with van der Waals surface area (Å²) in [4.78, 5) is 2.42. The lowest BCUT2D eigenvalue weighted by atomic mass is 10.0. The highest BCUT2D eigenvalue weighted by Crippen LogP contribution is 2.40. The van der Waals surface area contributed by atoms with E-state index in [2.05, 4.69) is 164 Å². The molecule has 0 atom stereocenters. The number of hydrogen-bond acceptors (Lipinski definition) is 1. The third kappa shape index (κ3) is 6.48. The molecule has 5 aromatic rings. The number of aryl methyl sites for hydroxylation is 2. The van der Waals surface area contributed by atoms with E-state index in [1.165, 1.54) is 68.8 Å². The van der Waals surface area contributed by atoms with Crippen LogP contribution in [-0.2, 0) is 12.8 Å². The van der Waals surface area contributed by atoms with Crippen molar-refractivity contribution in [1.29, 1.82) is 0 Å². The van der Waals surface area contributed by atoms with E-state index in [0.717, 1.165) is 6.42 Å². The average molecular weight is 530 g/mol. The molecule has 0 bridgehead atoms. The summed E-state index contributed by atoms with van der Waals surface area (Å²) in [5.74, 6) is 0. The van der Waals surface area contributed by atoms with E-state index in [1.54, 1.807) is 0 Å². The van der Waals surface area contributed by atoms with Crippen molar-refractivity contribution in [2.45, 2.75) is 26.2 Å². The first-order chi connectivity index (χ1) is 20.2. The molecule has 5 aromatic carbocycles. The lowest BCUT2D eigenvalue weighted by Crippen LogP contribution is -2.12. The Morgan fingerprint density at radius 1 is 0.488 bits per heavy atom. The molecular formula is C40H35N. The third-order valence-corrected chi connectivity index (χ3v) is 7.70. The maximum atomic E-state index is 2.42. The van der Waals surface area contributed by atoms with Crippen LogP contribution in [0.2, 0.25) is 0 Å². The highest BCUT2D eigenvalue weighted by molar-refractivity contribution is 5.81. The fourth-order valence-electron chi connectivity index (χ4n) is 5.47. The van der Waals surface area contributed by atoms with Crippen LogP contribution in [0, 0.1) is 6.92 Å². The van der Waals surface area contributed by atoms with Crippen molar-refractivity contribution in [3.63, 3.8) is 0 Å². The molecule has 0 saturated carbocycles. The predicted molar refractivity (Wildman–Crippen MR) is 178 cm³/mol. The molecule has 200 valence electrons. The second-order valence-electron chi connectivity index (χ2n) is 10.7. The highest BCUT2D eigenvalue weighted by Gasteiger charge is 2.20. The minimum Gasteiger partial charge on any atom is -0.310 e. The zero-order valence-electron chi connectivity index (χ0n) is 23.6. The quantitative estimate of drug-likeness (QED) is 0.143. The van der Waals surface area contributed by atoms with Crippen LogP contribution in [0.3, 0.4) is 0 Å². The molecule has 0 N–H and O–H groups in total. The van der Waals surface area contributed by atoms with Gasteiger partial charge in [-0.1, -0.05) is 133 Å². The fourth-order valence-corrected chi connectivity index (χ4v) is 5.47. The van der Waals surface area contributed by atoms with E-state index >= 15 is 0 Å². The fraction of sp³-hybridized carbons (Fsp3) is 0.100. The molecule has 0 aromatic heterocycles. The molecular weight excluding hydrogens is 494 g/mol. The standard InChI is InChI=1S/C40H35N/c1-31-17-19-34(20-18-31)21-22-35-25-29-38(30-26-35)41(40-16-8-14-36-13-7-15-39(36)40)37-27-23-33(24-28-37)12-6-5-11-32-9-3-2-4-10-32/h2-6,8-12,14,16-30H,7,13,15H2,1H3/b11-5+,12-6+,22-21+. The normalized spacial score (nSPS) is 12.9. The number of hydrogen-bond donors (Lipinski definition) is 0. The first-order valence-corrected chi connectivity index (χ1v) is 14.5. The highest BCUT2D eigenvalue weighted by atomic mass is 15.1. The summed E-state index contributed by atoms with van der Waals surface area (Å²) in [7, 11) is 0. The average Bonchev–Trinajstić information content (AvgIpc) is 3.51. The summed E-state index contributed by atoms with van der Waals surface area (Å²) in [6, 6.07) is 43.6. The van der Waals surface area contributed by atoms with Gasteiger partial charge in [-0.2, -0.15) is 0 Å². The van der Waals surface area contributed by atoms with Crippen molar-refractivity contribution < 1.29 is 0 Å². The van der Waals surface area contributed by atoms with E-state index in [0.29, 0.717) is 0 Å². The maximum absolute atomic E-state index is 2.42. The van der Waals surface area contributed by atoms with Crippen LogP contribution >= 0.6 is 0 Å². The molecule has 0 aliphatic heterocycles. The number of rotatable bonds is 8. The molecule has 1 nitrogen and oxygen atoms in total. The molecule has 0 radical (unpaired) electrons. The second kappa shape index (κ2) is 12.5. The molecule has 1 heteroatoms. The summed E-state index contributed by atoms with van der Waals surface area (Å²) >= 11 is 0. The van der Waals surface area contributed by atoms with Crippen LogP contribution in [-0.4, -0.2) is 0 Å². The SMILES string of the molecule is Cc1ccc(/C=C/c2ccc(N(c3ccc(/C=C/C=C/c4ccccc4)cc3)c3cccc4c3CCC4)cc2)cc1. The van der Waals surface area contributed by atoms with E-state index in [4.69, 9.17) is 0 Å². The smallest absolute Gasteiger partial charge is 0.0496 e. The van der Waals surface area contributed by atoms with Crippen molar-refractivity contribution in [2.24, 2.45) is 0 Å². The summed E-state index contributed by atoms with van der Waals surface area (Å²) in [6.07, 6.45) is 16.4. The molecule has 6 rings (SSSR count). The van der Waals surface area contributed by atoms with Gasteiger partial charge in [-0.15, -0.1) is 0 Å². The van der Waals surface area contributed by atoms with Crippen LogP contribution < -0.4 is 4.90 Å². The van der Waals surface area contributed by atoms with Crippen LogP contribution in [0.5, 0.6) is 0 Å². The summed E-state index contributed by atoms with van der Waals surface area (Å²) < 4.78 is 0. The van der Waals surface area contributed by atoms with Crippen molar-refractivity contribution >= 4 is 41.4 Å². The molecule has 0 spiro atoms. The summed E-state index contributed by atoms with van der Waals surface area (Å²) in [6.45, 7) is 2.12. The van der Waals surface area contributed by atoms with E-state index < -0.39 is 0 Å². The Hall–Kier alpha value is -4.88. The van der Waals surface area contributed by atoms with Gasteiger partial charge in [0, 0.05) is 17.1 Å². The minimum absolute atomic E-state index is 1.13.